The third kappa shape index (κ3) is 1.41. The fourth-order valence-corrected chi connectivity index (χ4v) is 1.38. The molecule has 0 amide bonds. The lowest BCUT2D eigenvalue weighted by Crippen LogP contribution is -2.12. The molecular weight excluding hydrogens is 168 g/mol. The number of nitrogens with two attached hydrogens (primary N) is 1. The zero-order valence-corrected chi connectivity index (χ0v) is 6.97. The highest BCUT2D eigenvalue weighted by molar-refractivity contribution is 7.89. The van der Waals surface area contributed by atoms with Crippen molar-refractivity contribution in [3.8, 4) is 0 Å². The summed E-state index contributed by atoms with van der Waals surface area (Å²) in [4.78, 5) is 0. The van der Waals surface area contributed by atoms with Gasteiger partial charge < -0.3 is 4.52 Å². The van der Waals surface area contributed by atoms with Crippen LogP contribution in [0.4, 0.5) is 0 Å². The van der Waals surface area contributed by atoms with Crippen LogP contribution in [0.5, 0.6) is 0 Å². The van der Waals surface area contributed by atoms with Crippen molar-refractivity contribution in [3.63, 3.8) is 0 Å². The summed E-state index contributed by atoms with van der Waals surface area (Å²) in [6, 6.07) is 0. The van der Waals surface area contributed by atoms with E-state index in [9.17, 15) is 8.42 Å². The Morgan fingerprint density at radius 3 is 2.18 bits per heavy atom. The molecule has 0 aromatic carbocycles. The predicted molar refractivity (Wildman–Crippen MR) is 37.4 cm³/mol. The van der Waals surface area contributed by atoms with Gasteiger partial charge in [-0.15, -0.1) is 0 Å². The van der Waals surface area contributed by atoms with Gasteiger partial charge in [-0.25, -0.2) is 13.6 Å². The molecule has 0 bridgehead atoms. The van der Waals surface area contributed by atoms with Gasteiger partial charge in [0.2, 0.25) is 0 Å². The van der Waals surface area contributed by atoms with Crippen LogP contribution in [0.3, 0.4) is 0 Å². The van der Waals surface area contributed by atoms with E-state index in [1.807, 2.05) is 0 Å². The molecule has 6 heteroatoms. The topological polar surface area (TPSA) is 86.2 Å². The largest absolute Gasteiger partial charge is 0.343 e. The predicted octanol–water partition coefficient (Wildman–Crippen LogP) is -0.0612. The Balaban J connectivity index is 3.38. The molecule has 0 atom stereocenters. The molecule has 0 spiro atoms. The minimum absolute atomic E-state index is 0.255. The number of hydrogen-bond acceptors (Lipinski definition) is 4. The van der Waals surface area contributed by atoms with E-state index in [4.69, 9.17) is 5.14 Å². The van der Waals surface area contributed by atoms with Crippen molar-refractivity contribution in [2.75, 3.05) is 0 Å². The van der Waals surface area contributed by atoms with E-state index < -0.39 is 10.0 Å². The van der Waals surface area contributed by atoms with Gasteiger partial charge in [-0.3, -0.25) is 0 Å². The van der Waals surface area contributed by atoms with Crippen molar-refractivity contribution in [2.45, 2.75) is 18.9 Å². The molecule has 2 N–H and O–H groups in total. The van der Waals surface area contributed by atoms with Gasteiger partial charge in [0.1, 0.15) is 0 Å². The van der Waals surface area contributed by atoms with Crippen molar-refractivity contribution < 1.29 is 12.9 Å². The third-order valence-electron chi connectivity index (χ3n) is 1.37. The molecule has 5 nitrogen and oxygen atoms in total. The average molecular weight is 176 g/mol. The SMILES string of the molecule is Cc1noc(S(N)(=O)=O)c1C. The van der Waals surface area contributed by atoms with Crippen LogP contribution < -0.4 is 5.14 Å². The fourth-order valence-electron chi connectivity index (χ4n) is 0.660. The summed E-state index contributed by atoms with van der Waals surface area (Å²) in [5, 5.41) is 8.00. The van der Waals surface area contributed by atoms with Gasteiger partial charge in [-0.05, 0) is 13.8 Å². The molecule has 62 valence electrons. The van der Waals surface area contributed by atoms with Gasteiger partial charge >= 0.3 is 0 Å². The Bertz CT molecular complexity index is 365. The van der Waals surface area contributed by atoms with Gasteiger partial charge in [0.25, 0.3) is 15.1 Å². The van der Waals surface area contributed by atoms with Crippen LogP contribution in [-0.2, 0) is 10.0 Å². The molecule has 0 unspecified atom stereocenters. The second kappa shape index (κ2) is 2.31. The summed E-state index contributed by atoms with van der Waals surface area (Å²) < 4.78 is 25.9. The smallest absolute Gasteiger partial charge is 0.274 e. The Hall–Kier alpha value is -0.880. The average Bonchev–Trinajstić information content (AvgIpc) is 2.11. The summed E-state index contributed by atoms with van der Waals surface area (Å²) in [5.41, 5.74) is 1.00. The first-order valence-corrected chi connectivity index (χ1v) is 4.43. The number of aromatic nitrogens is 1. The van der Waals surface area contributed by atoms with Crippen molar-refractivity contribution in [3.05, 3.63) is 11.3 Å². The zero-order chi connectivity index (χ0) is 8.65. The van der Waals surface area contributed by atoms with Crippen LogP contribution in [0, 0.1) is 13.8 Å². The summed E-state index contributed by atoms with van der Waals surface area (Å²) >= 11 is 0. The maximum atomic E-state index is 10.7. The standard InChI is InChI=1S/C5H8N2O3S/c1-3-4(2)7-10-5(3)11(6,8)9/h1-2H3,(H2,6,8,9). The molecule has 0 saturated carbocycles. The number of hydrogen-bond donors (Lipinski definition) is 1. The van der Waals surface area contributed by atoms with Gasteiger partial charge in [0.15, 0.2) is 0 Å². The van der Waals surface area contributed by atoms with E-state index in [0.29, 0.717) is 11.3 Å². The molecule has 0 aliphatic carbocycles. The molecule has 11 heavy (non-hydrogen) atoms. The van der Waals surface area contributed by atoms with E-state index in [0.717, 1.165) is 0 Å². The van der Waals surface area contributed by atoms with Gasteiger partial charge in [0.05, 0.1) is 5.69 Å². The summed E-state index contributed by atoms with van der Waals surface area (Å²) in [6.07, 6.45) is 0. The lowest BCUT2D eigenvalue weighted by atomic mass is 10.3. The molecule has 1 rings (SSSR count). The van der Waals surface area contributed by atoms with E-state index in [-0.39, 0.29) is 5.09 Å². The van der Waals surface area contributed by atoms with Crippen molar-refractivity contribution in [2.24, 2.45) is 5.14 Å². The van der Waals surface area contributed by atoms with Gasteiger partial charge in [0, 0.05) is 5.56 Å². The van der Waals surface area contributed by atoms with Crippen molar-refractivity contribution in [1.82, 2.24) is 5.16 Å². The highest BCUT2D eigenvalue weighted by Gasteiger charge is 2.18. The van der Waals surface area contributed by atoms with E-state index in [1.165, 1.54) is 0 Å². The monoisotopic (exact) mass is 176 g/mol. The first kappa shape index (κ1) is 8.22. The summed E-state index contributed by atoms with van der Waals surface area (Å²) in [5.74, 6) is 0. The molecule has 0 aliphatic heterocycles. The second-order valence-corrected chi connectivity index (χ2v) is 3.69. The lowest BCUT2D eigenvalue weighted by Gasteiger charge is -1.89. The number of rotatable bonds is 1. The Morgan fingerprint density at radius 2 is 2.00 bits per heavy atom. The molecule has 1 heterocycles. The molecule has 0 aliphatic rings. The van der Waals surface area contributed by atoms with Crippen LogP contribution in [0.2, 0.25) is 0 Å². The summed E-state index contributed by atoms with van der Waals surface area (Å²) in [6.45, 7) is 3.24. The first-order chi connectivity index (χ1) is 4.93. The maximum Gasteiger partial charge on any atom is 0.274 e. The van der Waals surface area contributed by atoms with E-state index >= 15 is 0 Å². The highest BCUT2D eigenvalue weighted by atomic mass is 32.2. The van der Waals surface area contributed by atoms with Crippen LogP contribution >= 0.6 is 0 Å². The minimum Gasteiger partial charge on any atom is -0.343 e. The fraction of sp³-hybridized carbons (Fsp3) is 0.400. The highest BCUT2D eigenvalue weighted by Crippen LogP contribution is 2.15. The molecule has 0 radical (unpaired) electrons. The molecule has 1 aromatic heterocycles. The number of primary sulfonamides is 1. The molecule has 0 saturated heterocycles. The Morgan fingerprint density at radius 1 is 1.45 bits per heavy atom. The molecular formula is C5H8N2O3S. The number of sulfonamides is 1. The maximum absolute atomic E-state index is 10.7. The second-order valence-electron chi connectivity index (χ2n) is 2.23. The van der Waals surface area contributed by atoms with Crippen LogP contribution in [0.1, 0.15) is 11.3 Å². The molecule has 1 aromatic rings. The quantitative estimate of drug-likeness (QED) is 0.649. The number of aryl methyl sites for hydroxylation is 1. The molecule has 0 fully saturated rings. The Kier molecular flexibility index (Phi) is 1.73. The third-order valence-corrected chi connectivity index (χ3v) is 2.27. The normalized spacial score (nSPS) is 11.9. The van der Waals surface area contributed by atoms with Crippen molar-refractivity contribution >= 4 is 10.0 Å². The van der Waals surface area contributed by atoms with Gasteiger partial charge in [-0.1, -0.05) is 5.16 Å². The Labute approximate surface area is 64.2 Å². The van der Waals surface area contributed by atoms with Crippen LogP contribution in [0.25, 0.3) is 0 Å². The van der Waals surface area contributed by atoms with Crippen molar-refractivity contribution in [1.29, 1.82) is 0 Å². The zero-order valence-electron chi connectivity index (χ0n) is 6.16. The lowest BCUT2D eigenvalue weighted by molar-refractivity contribution is 0.335. The first-order valence-electron chi connectivity index (χ1n) is 2.88. The minimum atomic E-state index is -3.74. The van der Waals surface area contributed by atoms with Crippen LogP contribution in [0.15, 0.2) is 9.62 Å². The van der Waals surface area contributed by atoms with Crippen LogP contribution in [-0.4, -0.2) is 13.6 Å². The summed E-state index contributed by atoms with van der Waals surface area (Å²) in [7, 11) is -3.74. The van der Waals surface area contributed by atoms with E-state index in [2.05, 4.69) is 9.68 Å². The number of nitrogens with zero attached hydrogens (tertiary/aromatic N) is 1. The van der Waals surface area contributed by atoms with Gasteiger partial charge in [-0.2, -0.15) is 0 Å². The van der Waals surface area contributed by atoms with E-state index in [1.54, 1.807) is 13.8 Å².